The number of rotatable bonds is 5. The molecule has 152 valence electrons. The first-order valence-corrected chi connectivity index (χ1v) is 8.88. The monoisotopic (exact) mass is 388 g/mol. The van der Waals surface area contributed by atoms with Crippen molar-refractivity contribution in [2.45, 2.75) is 52.7 Å². The zero-order valence-electron chi connectivity index (χ0n) is 17.2. The molecule has 0 aromatic heterocycles. The molecular formula is C22H28O6. The molecule has 0 atom stereocenters. The molecule has 0 N–H and O–H groups in total. The van der Waals surface area contributed by atoms with Crippen LogP contribution < -0.4 is 0 Å². The molecule has 6 heteroatoms. The molecule has 2 aromatic rings. The molecule has 0 unspecified atom stereocenters. The summed E-state index contributed by atoms with van der Waals surface area (Å²) < 4.78 is 0. The Morgan fingerprint density at radius 1 is 0.607 bits per heavy atom. The molecule has 0 bridgehead atoms. The van der Waals surface area contributed by atoms with Crippen LogP contribution in [0.1, 0.15) is 52.7 Å². The average Bonchev–Trinajstić information content (AvgIpc) is 2.67. The summed E-state index contributed by atoms with van der Waals surface area (Å²) in [5, 5.41) is 0. The van der Waals surface area contributed by atoms with Crippen LogP contribution in [0.2, 0.25) is 0 Å². The SMILES string of the molecule is CC(=O)OOC(C)=O.CC(C)(OOC(C)(C)c1ccccc1)c1ccccc1. The Labute approximate surface area is 166 Å². The Morgan fingerprint density at radius 3 is 1.14 bits per heavy atom. The highest BCUT2D eigenvalue weighted by molar-refractivity contribution is 5.69. The van der Waals surface area contributed by atoms with Gasteiger partial charge in [0.2, 0.25) is 0 Å². The molecule has 28 heavy (non-hydrogen) atoms. The van der Waals surface area contributed by atoms with Gasteiger partial charge in [0.15, 0.2) is 0 Å². The van der Waals surface area contributed by atoms with Gasteiger partial charge in [0, 0.05) is 13.8 Å². The van der Waals surface area contributed by atoms with Gasteiger partial charge < -0.3 is 0 Å². The maximum atomic E-state index is 9.85. The van der Waals surface area contributed by atoms with Crippen LogP contribution in [0.4, 0.5) is 0 Å². The molecule has 0 saturated heterocycles. The third-order valence-electron chi connectivity index (χ3n) is 3.67. The van der Waals surface area contributed by atoms with E-state index in [-0.39, 0.29) is 0 Å². The third kappa shape index (κ3) is 8.33. The topological polar surface area (TPSA) is 71.1 Å². The first-order valence-electron chi connectivity index (χ1n) is 8.88. The van der Waals surface area contributed by atoms with Crippen LogP contribution in [0.3, 0.4) is 0 Å². The van der Waals surface area contributed by atoms with Gasteiger partial charge in [0.25, 0.3) is 0 Å². The van der Waals surface area contributed by atoms with E-state index in [1.165, 1.54) is 0 Å². The molecule has 0 spiro atoms. The van der Waals surface area contributed by atoms with Crippen molar-refractivity contribution in [1.82, 2.24) is 0 Å². The van der Waals surface area contributed by atoms with E-state index in [9.17, 15) is 9.59 Å². The lowest BCUT2D eigenvalue weighted by Gasteiger charge is -2.31. The summed E-state index contributed by atoms with van der Waals surface area (Å²) in [6.45, 7) is 10.3. The Kier molecular flexibility index (Phi) is 8.82. The van der Waals surface area contributed by atoms with Crippen LogP contribution in [-0.4, -0.2) is 11.9 Å². The summed E-state index contributed by atoms with van der Waals surface area (Å²) in [4.78, 5) is 38.8. The zero-order valence-corrected chi connectivity index (χ0v) is 17.2. The first-order chi connectivity index (χ1) is 13.0. The van der Waals surface area contributed by atoms with Crippen molar-refractivity contribution in [2.75, 3.05) is 0 Å². The van der Waals surface area contributed by atoms with Crippen LogP contribution in [0.15, 0.2) is 60.7 Å². The molecule has 2 aromatic carbocycles. The molecule has 0 aliphatic rings. The number of benzene rings is 2. The summed E-state index contributed by atoms with van der Waals surface area (Å²) >= 11 is 0. The number of carbonyl (C=O) groups excluding carboxylic acids is 2. The molecule has 2 rings (SSSR count). The van der Waals surface area contributed by atoms with E-state index in [1.54, 1.807) is 0 Å². The summed E-state index contributed by atoms with van der Waals surface area (Å²) in [5.41, 5.74) is 1.19. The lowest BCUT2D eigenvalue weighted by atomic mass is 9.98. The molecule has 6 nitrogen and oxygen atoms in total. The highest BCUT2D eigenvalue weighted by Crippen LogP contribution is 2.31. The Hall–Kier alpha value is -2.70. The van der Waals surface area contributed by atoms with Crippen molar-refractivity contribution >= 4 is 11.9 Å². The smallest absolute Gasteiger partial charge is 0.248 e. The van der Waals surface area contributed by atoms with Gasteiger partial charge in [-0.15, -0.1) is 0 Å². The van der Waals surface area contributed by atoms with E-state index < -0.39 is 23.1 Å². The Morgan fingerprint density at radius 2 is 0.893 bits per heavy atom. The van der Waals surface area contributed by atoms with Crippen LogP contribution in [-0.2, 0) is 40.3 Å². The van der Waals surface area contributed by atoms with E-state index >= 15 is 0 Å². The van der Waals surface area contributed by atoms with Gasteiger partial charge in [-0.1, -0.05) is 60.7 Å². The summed E-state index contributed by atoms with van der Waals surface area (Å²) in [7, 11) is 0. The first kappa shape index (κ1) is 23.3. The van der Waals surface area contributed by atoms with Crippen molar-refractivity contribution in [3.05, 3.63) is 71.8 Å². The molecule has 0 amide bonds. The van der Waals surface area contributed by atoms with Crippen LogP contribution in [0.25, 0.3) is 0 Å². The molecule has 0 aliphatic heterocycles. The minimum absolute atomic E-state index is 0.493. The molecule has 0 aliphatic carbocycles. The second-order valence-corrected chi connectivity index (χ2v) is 7.07. The van der Waals surface area contributed by atoms with Crippen molar-refractivity contribution in [3.8, 4) is 0 Å². The fourth-order valence-electron chi connectivity index (χ4n) is 2.10. The predicted molar refractivity (Wildman–Crippen MR) is 105 cm³/mol. The van der Waals surface area contributed by atoms with E-state index in [0.717, 1.165) is 25.0 Å². The van der Waals surface area contributed by atoms with Crippen molar-refractivity contribution in [2.24, 2.45) is 0 Å². The second kappa shape index (κ2) is 10.6. The summed E-state index contributed by atoms with van der Waals surface area (Å²) in [5.74, 6) is -1.28. The Bertz CT molecular complexity index is 673. The van der Waals surface area contributed by atoms with Crippen molar-refractivity contribution in [1.29, 1.82) is 0 Å². The molecule has 0 saturated carbocycles. The van der Waals surface area contributed by atoms with Crippen LogP contribution in [0.5, 0.6) is 0 Å². The number of carbonyl (C=O) groups is 2. The van der Waals surface area contributed by atoms with Gasteiger partial charge in [0.1, 0.15) is 11.2 Å². The van der Waals surface area contributed by atoms with Gasteiger partial charge >= 0.3 is 11.9 Å². The molecule has 0 radical (unpaired) electrons. The number of hydrogen-bond donors (Lipinski definition) is 0. The maximum absolute atomic E-state index is 9.85. The van der Waals surface area contributed by atoms with E-state index in [2.05, 4.69) is 9.78 Å². The van der Waals surface area contributed by atoms with Gasteiger partial charge in [-0.05, 0) is 38.8 Å². The van der Waals surface area contributed by atoms with E-state index in [1.807, 2.05) is 88.4 Å². The molecule has 0 heterocycles. The fourth-order valence-corrected chi connectivity index (χ4v) is 2.10. The van der Waals surface area contributed by atoms with Crippen molar-refractivity contribution in [3.63, 3.8) is 0 Å². The minimum Gasteiger partial charge on any atom is -0.248 e. The summed E-state index contributed by atoms with van der Waals surface area (Å²) in [6, 6.07) is 20.2. The second-order valence-electron chi connectivity index (χ2n) is 7.07. The van der Waals surface area contributed by atoms with Crippen LogP contribution >= 0.6 is 0 Å². The van der Waals surface area contributed by atoms with Gasteiger partial charge in [-0.2, -0.15) is 0 Å². The number of hydrogen-bond acceptors (Lipinski definition) is 6. The fraction of sp³-hybridized carbons (Fsp3) is 0.364. The van der Waals surface area contributed by atoms with E-state index in [0.29, 0.717) is 0 Å². The van der Waals surface area contributed by atoms with Gasteiger partial charge in [-0.3, -0.25) is 0 Å². The average molecular weight is 388 g/mol. The zero-order chi connectivity index (χ0) is 21.2. The normalized spacial score (nSPS) is 11.1. The van der Waals surface area contributed by atoms with Crippen LogP contribution in [0, 0.1) is 0 Å². The minimum atomic E-state index is -0.639. The highest BCUT2D eigenvalue weighted by Gasteiger charge is 2.29. The van der Waals surface area contributed by atoms with Gasteiger partial charge in [-0.25, -0.2) is 29.1 Å². The summed E-state index contributed by atoms with van der Waals surface area (Å²) in [6.07, 6.45) is 0. The third-order valence-corrected chi connectivity index (χ3v) is 3.67. The predicted octanol–water partition coefficient (Wildman–Crippen LogP) is 4.83. The lowest BCUT2D eigenvalue weighted by Crippen LogP contribution is -2.29. The maximum Gasteiger partial charge on any atom is 0.352 e. The van der Waals surface area contributed by atoms with Crippen molar-refractivity contribution < 1.29 is 29.1 Å². The largest absolute Gasteiger partial charge is 0.352 e. The quantitative estimate of drug-likeness (QED) is 0.539. The van der Waals surface area contributed by atoms with Gasteiger partial charge in [0.05, 0.1) is 0 Å². The highest BCUT2D eigenvalue weighted by atomic mass is 17.2. The lowest BCUT2D eigenvalue weighted by molar-refractivity contribution is -0.410. The molecular weight excluding hydrogens is 360 g/mol. The molecule has 0 fully saturated rings. The Balaban J connectivity index is 0.000000416. The van der Waals surface area contributed by atoms with E-state index in [4.69, 9.17) is 9.78 Å². The standard InChI is InChI=1S/C18H22O2.C4H6O4/c1-17(2,15-11-7-5-8-12-15)19-20-18(3,4)16-13-9-6-10-14-16;1-3(5)7-8-4(2)6/h5-14H,1-4H3;1-2H3.